The Morgan fingerprint density at radius 2 is 1.44 bits per heavy atom. The Morgan fingerprint density at radius 3 is 2.09 bits per heavy atom. The number of cyclic esters (lactones) is 2. The maximum absolute atomic E-state index is 12.8. The third-order valence-corrected chi connectivity index (χ3v) is 8.89. The van der Waals surface area contributed by atoms with Crippen LogP contribution in [0.25, 0.3) is 43.7 Å². The molecular weight excluding hydrogens is 564 g/mol. The summed E-state index contributed by atoms with van der Waals surface area (Å²) in [6.07, 6.45) is 1.92. The lowest BCUT2D eigenvalue weighted by Gasteiger charge is -2.14. The lowest BCUT2D eigenvalue weighted by Crippen LogP contribution is -2.01. The maximum Gasteiger partial charge on any atom is 0.347 e. The van der Waals surface area contributed by atoms with Crippen molar-refractivity contribution in [1.29, 1.82) is 0 Å². The summed E-state index contributed by atoms with van der Waals surface area (Å²) in [7, 11) is 1.98. The molecule has 0 atom stereocenters. The van der Waals surface area contributed by atoms with Crippen molar-refractivity contribution in [3.05, 3.63) is 112 Å². The number of hydrogen-bond donors (Lipinski definition) is 0. The Kier molecular flexibility index (Phi) is 6.66. The fourth-order valence-corrected chi connectivity index (χ4v) is 6.63. The molecule has 3 heterocycles. The Morgan fingerprint density at radius 1 is 0.822 bits per heavy atom. The van der Waals surface area contributed by atoms with E-state index in [-0.39, 0.29) is 6.61 Å². The van der Waals surface area contributed by atoms with Gasteiger partial charge in [0, 0.05) is 40.0 Å². The number of aromatic nitrogens is 4. The largest absolute Gasteiger partial charge is 0.487 e. The van der Waals surface area contributed by atoms with Crippen molar-refractivity contribution in [3.8, 4) is 11.4 Å². The number of carbonyl (C=O) groups excluding carboxylic acids is 2. The summed E-state index contributed by atoms with van der Waals surface area (Å²) in [5, 5.41) is 14.5. The van der Waals surface area contributed by atoms with Gasteiger partial charge in [-0.05, 0) is 74.7 Å². The summed E-state index contributed by atoms with van der Waals surface area (Å²) >= 11 is 0. The van der Waals surface area contributed by atoms with Gasteiger partial charge in [-0.1, -0.05) is 59.3 Å². The SMILES string of the molecule is CC(C)=C1C(=O)OC(=O)/C1=C(\C)c1c(C)n(C)c2ccc(OCc3cn(-c4c5ccccc5c(C)c5ccccc45)nn3)cc12. The summed E-state index contributed by atoms with van der Waals surface area (Å²) < 4.78 is 15.2. The molecule has 0 aliphatic carbocycles. The van der Waals surface area contributed by atoms with E-state index in [4.69, 9.17) is 9.47 Å². The first-order valence-electron chi connectivity index (χ1n) is 14.8. The molecule has 6 aromatic rings. The lowest BCUT2D eigenvalue weighted by atomic mass is 9.93. The predicted molar refractivity (Wildman–Crippen MR) is 175 cm³/mol. The second kappa shape index (κ2) is 10.6. The Labute approximate surface area is 260 Å². The van der Waals surface area contributed by atoms with Gasteiger partial charge in [0.1, 0.15) is 18.1 Å². The smallest absolute Gasteiger partial charge is 0.347 e. The fraction of sp³-hybridized carbons (Fsp3) is 0.189. The fourth-order valence-electron chi connectivity index (χ4n) is 6.63. The van der Waals surface area contributed by atoms with E-state index in [1.165, 1.54) is 16.3 Å². The Bertz CT molecular complexity index is 2240. The second-order valence-electron chi connectivity index (χ2n) is 11.8. The normalized spacial score (nSPS) is 14.6. The zero-order valence-electron chi connectivity index (χ0n) is 26.1. The topological polar surface area (TPSA) is 88.2 Å². The van der Waals surface area contributed by atoms with E-state index in [0.29, 0.717) is 28.2 Å². The van der Waals surface area contributed by atoms with Crippen LogP contribution in [0.1, 0.15) is 43.3 Å². The van der Waals surface area contributed by atoms with Crippen LogP contribution in [-0.2, 0) is 28.0 Å². The van der Waals surface area contributed by atoms with Gasteiger partial charge in [0.25, 0.3) is 0 Å². The molecule has 8 nitrogen and oxygen atoms in total. The molecule has 4 aromatic carbocycles. The number of carbonyl (C=O) groups is 2. The van der Waals surface area contributed by atoms with E-state index < -0.39 is 11.9 Å². The lowest BCUT2D eigenvalue weighted by molar-refractivity contribution is -0.149. The summed E-state index contributed by atoms with van der Waals surface area (Å²) in [6.45, 7) is 9.86. The molecule has 1 aliphatic rings. The summed E-state index contributed by atoms with van der Waals surface area (Å²) in [4.78, 5) is 25.2. The molecule has 1 saturated heterocycles. The van der Waals surface area contributed by atoms with Crippen LogP contribution in [-0.4, -0.2) is 31.5 Å². The van der Waals surface area contributed by atoms with Gasteiger partial charge in [-0.3, -0.25) is 0 Å². The standard InChI is InChI=1S/C37H32N4O4/c1-20(2)32-34(37(43)45-36(32)42)22(4)33-23(5)40(6)31-16-15-25(17-30(31)33)44-19-24-18-41(39-38-24)35-28-13-9-7-11-26(28)21(3)27-12-8-10-14-29(27)35/h7-18H,19H2,1-6H3/b34-22+. The number of nitrogens with zero attached hydrogens (tertiary/aromatic N) is 4. The summed E-state index contributed by atoms with van der Waals surface area (Å²) in [5.41, 5.74) is 7.81. The van der Waals surface area contributed by atoms with Crippen LogP contribution < -0.4 is 4.74 Å². The highest BCUT2D eigenvalue weighted by Crippen LogP contribution is 2.39. The Hall–Kier alpha value is -5.50. The van der Waals surface area contributed by atoms with Crippen molar-refractivity contribution in [1.82, 2.24) is 19.6 Å². The number of esters is 2. The third-order valence-electron chi connectivity index (χ3n) is 8.89. The molecule has 45 heavy (non-hydrogen) atoms. The van der Waals surface area contributed by atoms with Crippen LogP contribution >= 0.6 is 0 Å². The molecule has 0 radical (unpaired) electrons. The van der Waals surface area contributed by atoms with Gasteiger partial charge in [-0.25, -0.2) is 14.3 Å². The molecule has 1 aliphatic heterocycles. The molecule has 0 amide bonds. The van der Waals surface area contributed by atoms with Crippen LogP contribution in [0.2, 0.25) is 0 Å². The van der Waals surface area contributed by atoms with Crippen LogP contribution in [0, 0.1) is 13.8 Å². The highest BCUT2D eigenvalue weighted by Gasteiger charge is 2.37. The second-order valence-corrected chi connectivity index (χ2v) is 11.8. The minimum Gasteiger partial charge on any atom is -0.487 e. The van der Waals surface area contributed by atoms with Crippen molar-refractivity contribution in [2.45, 2.75) is 41.2 Å². The predicted octanol–water partition coefficient (Wildman–Crippen LogP) is 7.45. The summed E-state index contributed by atoms with van der Waals surface area (Å²) in [6, 6.07) is 22.6. The highest BCUT2D eigenvalue weighted by atomic mass is 16.6. The average Bonchev–Trinajstić information content (AvgIpc) is 3.69. The Balaban J connectivity index is 1.25. The van der Waals surface area contributed by atoms with E-state index in [1.54, 1.807) is 0 Å². The van der Waals surface area contributed by atoms with Gasteiger partial charge in [-0.15, -0.1) is 5.10 Å². The highest BCUT2D eigenvalue weighted by molar-refractivity contribution is 6.23. The number of ether oxygens (including phenoxy) is 2. The molecule has 8 heteroatoms. The quantitative estimate of drug-likeness (QED) is 0.0889. The molecule has 2 aromatic heterocycles. The number of allylic oxidation sites excluding steroid dienone is 2. The number of hydrogen-bond acceptors (Lipinski definition) is 6. The van der Waals surface area contributed by atoms with Gasteiger partial charge in [0.15, 0.2) is 0 Å². The van der Waals surface area contributed by atoms with E-state index in [1.807, 2.05) is 76.0 Å². The van der Waals surface area contributed by atoms with E-state index >= 15 is 0 Å². The van der Waals surface area contributed by atoms with Crippen molar-refractivity contribution in [2.24, 2.45) is 7.05 Å². The van der Waals surface area contributed by atoms with Crippen LogP contribution in [0.4, 0.5) is 0 Å². The maximum atomic E-state index is 12.8. The van der Waals surface area contributed by atoms with Crippen molar-refractivity contribution in [3.63, 3.8) is 0 Å². The number of aryl methyl sites for hydroxylation is 2. The minimum absolute atomic E-state index is 0.219. The zero-order chi connectivity index (χ0) is 31.6. The molecule has 7 rings (SSSR count). The molecule has 0 unspecified atom stereocenters. The van der Waals surface area contributed by atoms with Crippen LogP contribution in [0.3, 0.4) is 0 Å². The molecule has 0 saturated carbocycles. The van der Waals surface area contributed by atoms with Crippen LogP contribution in [0.15, 0.2) is 89.6 Å². The first-order chi connectivity index (χ1) is 21.7. The molecule has 0 bridgehead atoms. The minimum atomic E-state index is -0.616. The molecular formula is C37H32N4O4. The number of rotatable bonds is 5. The first-order valence-corrected chi connectivity index (χ1v) is 14.8. The van der Waals surface area contributed by atoms with Gasteiger partial charge in [0.05, 0.1) is 23.0 Å². The molecule has 0 N–H and O–H groups in total. The first kappa shape index (κ1) is 28.3. The van der Waals surface area contributed by atoms with Crippen molar-refractivity contribution in [2.75, 3.05) is 0 Å². The zero-order valence-corrected chi connectivity index (χ0v) is 26.1. The van der Waals surface area contributed by atoms with E-state index in [0.717, 1.165) is 44.2 Å². The van der Waals surface area contributed by atoms with Crippen LogP contribution in [0.5, 0.6) is 5.75 Å². The van der Waals surface area contributed by atoms with E-state index in [9.17, 15) is 9.59 Å². The van der Waals surface area contributed by atoms with Gasteiger partial charge in [-0.2, -0.15) is 0 Å². The molecule has 1 fully saturated rings. The third kappa shape index (κ3) is 4.44. The van der Waals surface area contributed by atoms with Crippen molar-refractivity contribution < 1.29 is 19.1 Å². The average molecular weight is 597 g/mol. The number of fused-ring (bicyclic) bond motifs is 3. The van der Waals surface area contributed by atoms with Gasteiger partial charge >= 0.3 is 11.9 Å². The summed E-state index contributed by atoms with van der Waals surface area (Å²) in [5.74, 6) is -0.564. The van der Waals surface area contributed by atoms with Crippen molar-refractivity contribution >= 4 is 50.0 Å². The monoisotopic (exact) mass is 596 g/mol. The molecule has 224 valence electrons. The molecule has 0 spiro atoms. The van der Waals surface area contributed by atoms with Gasteiger partial charge in [0.2, 0.25) is 0 Å². The van der Waals surface area contributed by atoms with Gasteiger partial charge < -0.3 is 14.0 Å². The number of benzene rings is 4. The van der Waals surface area contributed by atoms with E-state index in [2.05, 4.69) is 58.2 Å².